The van der Waals surface area contributed by atoms with E-state index in [9.17, 15) is 18.0 Å². The molecule has 4 rings (SSSR count). The molecule has 0 bridgehead atoms. The van der Waals surface area contributed by atoms with Gasteiger partial charge in [-0.2, -0.15) is 0 Å². The minimum atomic E-state index is -3.20. The van der Waals surface area contributed by atoms with E-state index >= 15 is 0 Å². The molecule has 176 valence electrons. The van der Waals surface area contributed by atoms with Crippen molar-refractivity contribution < 1.29 is 22.7 Å². The van der Waals surface area contributed by atoms with Gasteiger partial charge in [0.25, 0.3) is 0 Å². The average molecular weight is 483 g/mol. The Hall–Kier alpha value is -1.80. The van der Waals surface area contributed by atoms with Gasteiger partial charge in [0.1, 0.15) is 12.3 Å². The number of benzene rings is 1. The molecule has 1 heterocycles. The van der Waals surface area contributed by atoms with Crippen molar-refractivity contribution in [2.45, 2.75) is 57.3 Å². The second-order valence-corrected chi connectivity index (χ2v) is 11.9. The number of ether oxygens (including phenoxy) is 1. The van der Waals surface area contributed by atoms with E-state index in [0.29, 0.717) is 43.4 Å². The average Bonchev–Trinajstić information content (AvgIpc) is 3.50. The molecule has 1 aromatic rings. The summed E-state index contributed by atoms with van der Waals surface area (Å²) in [7, 11) is -3.20. The maximum atomic E-state index is 12.8. The lowest BCUT2D eigenvalue weighted by molar-refractivity contribution is -0.118. The monoisotopic (exact) mass is 482 g/mol. The number of fused-ring (bicyclic) bond motifs is 1. The summed E-state index contributed by atoms with van der Waals surface area (Å²) >= 11 is 6.42. The Kier molecular flexibility index (Phi) is 7.30. The lowest BCUT2D eigenvalue weighted by Gasteiger charge is -2.27. The number of nitrogens with one attached hydrogen (secondary N) is 1. The second-order valence-electron chi connectivity index (χ2n) is 9.24. The fourth-order valence-electron chi connectivity index (χ4n) is 4.61. The summed E-state index contributed by atoms with van der Waals surface area (Å²) in [5.74, 6) is 1.36. The van der Waals surface area contributed by atoms with Crippen molar-refractivity contribution >= 4 is 33.4 Å². The molecule has 2 fully saturated rings. The van der Waals surface area contributed by atoms with Crippen molar-refractivity contribution in [2.75, 3.05) is 31.2 Å². The molecule has 0 unspecified atom stereocenters. The molecule has 1 saturated heterocycles. The van der Waals surface area contributed by atoms with Crippen LogP contribution in [0.15, 0.2) is 12.1 Å². The van der Waals surface area contributed by atoms with E-state index in [-0.39, 0.29) is 35.9 Å². The van der Waals surface area contributed by atoms with Crippen LogP contribution in [0, 0.1) is 5.92 Å². The summed E-state index contributed by atoms with van der Waals surface area (Å²) in [6.07, 6.45) is 7.02. The largest absolute Gasteiger partial charge is 0.491 e. The first kappa shape index (κ1) is 23.4. The first-order chi connectivity index (χ1) is 15.3. The summed E-state index contributed by atoms with van der Waals surface area (Å²) < 4.78 is 31.7. The van der Waals surface area contributed by atoms with Crippen molar-refractivity contribution in [3.8, 4) is 5.75 Å². The van der Waals surface area contributed by atoms with Crippen LogP contribution in [0.1, 0.15) is 62.0 Å². The highest BCUT2D eigenvalue weighted by Crippen LogP contribution is 2.42. The number of hydrogen-bond acceptors (Lipinski definition) is 5. The Morgan fingerprint density at radius 2 is 1.94 bits per heavy atom. The quantitative estimate of drug-likeness (QED) is 0.383. The number of carbonyl (C=O) groups excluding carboxylic acids is 2. The molecule has 0 aromatic heterocycles. The number of carbonyl (C=O) groups is 2. The van der Waals surface area contributed by atoms with Crippen LogP contribution in [-0.4, -0.2) is 56.5 Å². The Morgan fingerprint density at radius 1 is 1.12 bits per heavy atom. The summed E-state index contributed by atoms with van der Waals surface area (Å²) in [5, 5.41) is 2.86. The molecule has 1 aliphatic heterocycles. The number of urea groups is 1. The summed E-state index contributed by atoms with van der Waals surface area (Å²) in [5.41, 5.74) is 2.16. The number of sulfone groups is 1. The number of amides is 3. The number of nitrogens with zero attached hydrogens (tertiary/aromatic N) is 1. The zero-order valence-electron chi connectivity index (χ0n) is 18.3. The highest BCUT2D eigenvalue weighted by molar-refractivity contribution is 7.91. The topological polar surface area (TPSA) is 92.8 Å². The molecule has 1 saturated carbocycles. The van der Waals surface area contributed by atoms with Crippen molar-refractivity contribution in [1.82, 2.24) is 10.2 Å². The van der Waals surface area contributed by atoms with Gasteiger partial charge in [-0.3, -0.25) is 10.1 Å². The molecule has 0 radical (unpaired) electrons. The summed E-state index contributed by atoms with van der Waals surface area (Å²) in [6.45, 7) is 1.25. The first-order valence-electron chi connectivity index (χ1n) is 11.6. The lowest BCUT2D eigenvalue weighted by Crippen LogP contribution is -2.29. The van der Waals surface area contributed by atoms with Crippen LogP contribution >= 0.6 is 11.6 Å². The highest BCUT2D eigenvalue weighted by Gasteiger charge is 2.30. The van der Waals surface area contributed by atoms with E-state index in [4.69, 9.17) is 16.3 Å². The molecule has 1 atom stereocenters. The van der Waals surface area contributed by atoms with Crippen molar-refractivity contribution in [3.05, 3.63) is 28.3 Å². The normalized spacial score (nSPS) is 20.9. The number of halogens is 1. The van der Waals surface area contributed by atoms with Gasteiger partial charge in [-0.15, -0.1) is 0 Å². The number of unbranched alkanes of at least 4 members (excludes halogenated alkanes) is 2. The van der Waals surface area contributed by atoms with Crippen LogP contribution in [-0.2, 0) is 21.1 Å². The van der Waals surface area contributed by atoms with Crippen LogP contribution in [0.25, 0.3) is 0 Å². The molecule has 9 heteroatoms. The van der Waals surface area contributed by atoms with Crippen LogP contribution in [0.5, 0.6) is 5.75 Å². The molecule has 1 N–H and O–H groups in total. The number of imide groups is 1. The van der Waals surface area contributed by atoms with Crippen LogP contribution in [0.4, 0.5) is 4.79 Å². The smallest absolute Gasteiger partial charge is 0.324 e. The number of rotatable bonds is 11. The van der Waals surface area contributed by atoms with E-state index < -0.39 is 9.84 Å². The van der Waals surface area contributed by atoms with E-state index in [1.54, 1.807) is 0 Å². The van der Waals surface area contributed by atoms with Gasteiger partial charge in [-0.25, -0.2) is 13.2 Å². The van der Waals surface area contributed by atoms with Gasteiger partial charge in [-0.05, 0) is 74.0 Å². The summed E-state index contributed by atoms with van der Waals surface area (Å²) in [6, 6.07) is 3.45. The lowest BCUT2D eigenvalue weighted by atomic mass is 9.83. The van der Waals surface area contributed by atoms with E-state index in [1.165, 1.54) is 17.7 Å². The van der Waals surface area contributed by atoms with Gasteiger partial charge in [0.15, 0.2) is 9.84 Å². The first-order valence-corrected chi connectivity index (χ1v) is 13.8. The van der Waals surface area contributed by atoms with E-state index in [1.807, 2.05) is 12.1 Å². The Bertz CT molecular complexity index is 977. The third-order valence-corrected chi connectivity index (χ3v) is 8.65. The fraction of sp³-hybridized carbons (Fsp3) is 0.652. The fourth-order valence-corrected chi connectivity index (χ4v) is 6.61. The third kappa shape index (κ3) is 5.95. The SMILES string of the molecule is O=C1CN(CCCCCS(=O)(=O)C[C@@H]2CCCc3c2ccc(Cl)c3OCC2CC2)C(=O)N1. The maximum absolute atomic E-state index is 12.8. The standard InChI is InChI=1S/C23H31ClN2O5S/c24-20-10-9-18-17(5-4-6-19(18)22(20)31-14-16-7-8-16)15-32(29,30)12-3-1-2-11-26-13-21(27)25-23(26)28/h9-10,16-17H,1-8,11-15H2,(H,25,27,28)/t17-/m0/s1. The van der Waals surface area contributed by atoms with Gasteiger partial charge in [0.2, 0.25) is 5.91 Å². The molecule has 3 amide bonds. The molecule has 0 spiro atoms. The Labute approximate surface area is 194 Å². The molecular weight excluding hydrogens is 452 g/mol. The Balaban J connectivity index is 1.29. The van der Waals surface area contributed by atoms with Crippen LogP contribution < -0.4 is 10.1 Å². The zero-order chi connectivity index (χ0) is 22.7. The highest BCUT2D eigenvalue weighted by atomic mass is 35.5. The van der Waals surface area contributed by atoms with Crippen molar-refractivity contribution in [3.63, 3.8) is 0 Å². The van der Waals surface area contributed by atoms with Crippen molar-refractivity contribution in [1.29, 1.82) is 0 Å². The van der Waals surface area contributed by atoms with E-state index in [2.05, 4.69) is 5.32 Å². The number of hydrogen-bond donors (Lipinski definition) is 1. The van der Waals surface area contributed by atoms with Gasteiger partial charge in [0, 0.05) is 6.54 Å². The molecule has 1 aromatic carbocycles. The molecular formula is C23H31ClN2O5S. The molecule has 7 nitrogen and oxygen atoms in total. The molecule has 32 heavy (non-hydrogen) atoms. The Morgan fingerprint density at radius 3 is 2.66 bits per heavy atom. The minimum Gasteiger partial charge on any atom is -0.491 e. The maximum Gasteiger partial charge on any atom is 0.324 e. The minimum absolute atomic E-state index is 0.0244. The predicted molar refractivity (Wildman–Crippen MR) is 123 cm³/mol. The van der Waals surface area contributed by atoms with E-state index in [0.717, 1.165) is 36.1 Å². The van der Waals surface area contributed by atoms with Crippen LogP contribution in [0.2, 0.25) is 5.02 Å². The predicted octanol–water partition coefficient (Wildman–Crippen LogP) is 3.69. The molecule has 3 aliphatic rings. The van der Waals surface area contributed by atoms with Gasteiger partial charge in [0.05, 0.1) is 23.1 Å². The van der Waals surface area contributed by atoms with Crippen LogP contribution in [0.3, 0.4) is 0 Å². The van der Waals surface area contributed by atoms with Gasteiger partial charge < -0.3 is 9.64 Å². The van der Waals surface area contributed by atoms with Gasteiger partial charge >= 0.3 is 6.03 Å². The zero-order valence-corrected chi connectivity index (χ0v) is 19.8. The molecule has 2 aliphatic carbocycles. The van der Waals surface area contributed by atoms with Crippen molar-refractivity contribution in [2.24, 2.45) is 5.92 Å². The second kappa shape index (κ2) is 10.00. The third-order valence-electron chi connectivity index (χ3n) is 6.53. The summed E-state index contributed by atoms with van der Waals surface area (Å²) in [4.78, 5) is 24.2. The van der Waals surface area contributed by atoms with Gasteiger partial charge in [-0.1, -0.05) is 24.1 Å².